The van der Waals surface area contributed by atoms with Gasteiger partial charge in [-0.05, 0) is 26.3 Å². The van der Waals surface area contributed by atoms with E-state index in [1.807, 2.05) is 49.5 Å². The lowest BCUT2D eigenvalue weighted by Crippen LogP contribution is -3.02. The molecule has 0 aliphatic carbocycles. The van der Waals surface area contributed by atoms with Crippen LogP contribution in [-0.2, 0) is 16.0 Å². The Kier molecular flexibility index (Phi) is 6.18. The van der Waals surface area contributed by atoms with Crippen LogP contribution in [0.3, 0.4) is 0 Å². The standard InChI is InChI=1S/C15H22N2O3/c1-4-20-14(18)13(17-15(2,3)11-16-19)10-12-8-6-5-7-9-12/h5-9,11,13,17,19H,4,10H2,1-3H3/p+1/b16-11-/t13-/m0/s1. The first kappa shape index (κ1) is 16.2. The van der Waals surface area contributed by atoms with E-state index in [9.17, 15) is 4.79 Å². The van der Waals surface area contributed by atoms with Gasteiger partial charge in [0.2, 0.25) is 0 Å². The summed E-state index contributed by atoms with van der Waals surface area (Å²) in [5.74, 6) is -0.254. The van der Waals surface area contributed by atoms with E-state index in [0.717, 1.165) is 5.56 Å². The van der Waals surface area contributed by atoms with Crippen LogP contribution in [0.25, 0.3) is 0 Å². The highest BCUT2D eigenvalue weighted by molar-refractivity contribution is 5.75. The van der Waals surface area contributed by atoms with Gasteiger partial charge in [0.05, 0.1) is 6.61 Å². The second kappa shape index (κ2) is 7.65. The van der Waals surface area contributed by atoms with Gasteiger partial charge in [-0.3, -0.25) is 0 Å². The van der Waals surface area contributed by atoms with Gasteiger partial charge in [-0.1, -0.05) is 35.5 Å². The van der Waals surface area contributed by atoms with Crippen molar-refractivity contribution in [3.05, 3.63) is 35.9 Å². The van der Waals surface area contributed by atoms with E-state index in [4.69, 9.17) is 9.94 Å². The molecule has 1 aromatic carbocycles. The van der Waals surface area contributed by atoms with Crippen molar-refractivity contribution in [1.29, 1.82) is 0 Å². The van der Waals surface area contributed by atoms with Crippen LogP contribution < -0.4 is 5.32 Å². The number of esters is 1. The van der Waals surface area contributed by atoms with E-state index in [1.165, 1.54) is 6.21 Å². The minimum Gasteiger partial charge on any atom is -0.462 e. The van der Waals surface area contributed by atoms with Crippen molar-refractivity contribution < 1.29 is 20.1 Å². The highest BCUT2D eigenvalue weighted by atomic mass is 16.5. The summed E-state index contributed by atoms with van der Waals surface area (Å²) in [6.07, 6.45) is 1.98. The largest absolute Gasteiger partial charge is 0.462 e. The van der Waals surface area contributed by atoms with Crippen LogP contribution in [0.5, 0.6) is 0 Å². The highest BCUT2D eigenvalue weighted by Gasteiger charge is 2.31. The fraction of sp³-hybridized carbons (Fsp3) is 0.467. The molecule has 0 aromatic heterocycles. The lowest BCUT2D eigenvalue weighted by atomic mass is 10.0. The molecule has 0 saturated heterocycles. The summed E-state index contributed by atoms with van der Waals surface area (Å²) in [5, 5.41) is 13.6. The van der Waals surface area contributed by atoms with Crippen LogP contribution in [0.15, 0.2) is 35.5 Å². The number of ether oxygens (including phenoxy) is 1. The number of oxime groups is 1. The number of hydrogen-bond donors (Lipinski definition) is 2. The quantitative estimate of drug-likeness (QED) is 0.338. The van der Waals surface area contributed by atoms with Crippen LogP contribution in [0, 0.1) is 0 Å². The number of carbonyl (C=O) groups is 1. The Morgan fingerprint density at radius 3 is 2.65 bits per heavy atom. The van der Waals surface area contributed by atoms with Crippen molar-refractivity contribution in [1.82, 2.24) is 0 Å². The van der Waals surface area contributed by atoms with Crippen molar-refractivity contribution in [3.8, 4) is 0 Å². The van der Waals surface area contributed by atoms with Gasteiger partial charge in [0.1, 0.15) is 11.8 Å². The molecular weight excluding hydrogens is 256 g/mol. The Bertz CT molecular complexity index is 444. The van der Waals surface area contributed by atoms with Crippen LogP contribution in [0.4, 0.5) is 0 Å². The Morgan fingerprint density at radius 2 is 2.10 bits per heavy atom. The van der Waals surface area contributed by atoms with E-state index in [-0.39, 0.29) is 12.0 Å². The molecule has 1 aromatic rings. The van der Waals surface area contributed by atoms with Gasteiger partial charge in [-0.15, -0.1) is 0 Å². The van der Waals surface area contributed by atoms with E-state index in [1.54, 1.807) is 6.92 Å². The Labute approximate surface area is 119 Å². The predicted octanol–water partition coefficient (Wildman–Crippen LogP) is 0.963. The lowest BCUT2D eigenvalue weighted by molar-refractivity contribution is -0.723. The normalized spacial score (nSPS) is 13.3. The van der Waals surface area contributed by atoms with Gasteiger partial charge in [-0.25, -0.2) is 4.79 Å². The molecule has 0 spiro atoms. The van der Waals surface area contributed by atoms with Crippen molar-refractivity contribution >= 4 is 12.2 Å². The third-order valence-electron chi connectivity index (χ3n) is 2.91. The second-order valence-corrected chi connectivity index (χ2v) is 5.28. The molecule has 1 rings (SSSR count). The third kappa shape index (κ3) is 5.40. The average molecular weight is 279 g/mol. The number of nitrogens with two attached hydrogens (primary N) is 1. The summed E-state index contributed by atoms with van der Waals surface area (Å²) in [6.45, 7) is 5.90. The van der Waals surface area contributed by atoms with Crippen molar-refractivity contribution in [2.75, 3.05) is 6.61 Å². The van der Waals surface area contributed by atoms with Gasteiger partial charge in [0.15, 0.2) is 6.04 Å². The predicted molar refractivity (Wildman–Crippen MR) is 76.8 cm³/mol. The van der Waals surface area contributed by atoms with Crippen molar-refractivity contribution in [3.63, 3.8) is 0 Å². The van der Waals surface area contributed by atoms with Crippen LogP contribution in [-0.4, -0.2) is 35.6 Å². The summed E-state index contributed by atoms with van der Waals surface area (Å²) < 4.78 is 5.12. The molecule has 20 heavy (non-hydrogen) atoms. The second-order valence-electron chi connectivity index (χ2n) is 5.28. The Balaban J connectivity index is 2.83. The van der Waals surface area contributed by atoms with E-state index in [2.05, 4.69) is 5.16 Å². The topological polar surface area (TPSA) is 75.5 Å². The minimum absolute atomic E-state index is 0.254. The summed E-state index contributed by atoms with van der Waals surface area (Å²) in [5.41, 5.74) is 0.583. The molecule has 1 atom stereocenters. The maximum Gasteiger partial charge on any atom is 0.365 e. The van der Waals surface area contributed by atoms with Crippen molar-refractivity contribution in [2.24, 2.45) is 5.16 Å². The fourth-order valence-corrected chi connectivity index (χ4v) is 2.04. The van der Waals surface area contributed by atoms with Crippen LogP contribution in [0.1, 0.15) is 26.3 Å². The number of rotatable bonds is 7. The smallest absolute Gasteiger partial charge is 0.365 e. The molecule has 0 radical (unpaired) electrons. The molecule has 0 fully saturated rings. The molecule has 0 bridgehead atoms. The molecule has 0 saturated carbocycles. The first-order valence-corrected chi connectivity index (χ1v) is 6.73. The van der Waals surface area contributed by atoms with E-state index in [0.29, 0.717) is 13.0 Å². The molecule has 3 N–H and O–H groups in total. The number of carbonyl (C=O) groups excluding carboxylic acids is 1. The fourth-order valence-electron chi connectivity index (χ4n) is 2.04. The molecule has 110 valence electrons. The summed E-state index contributed by atoms with van der Waals surface area (Å²) in [4.78, 5) is 12.1. The number of hydrogen-bond acceptors (Lipinski definition) is 4. The Morgan fingerprint density at radius 1 is 1.45 bits per heavy atom. The van der Waals surface area contributed by atoms with Crippen LogP contribution in [0.2, 0.25) is 0 Å². The Hall–Kier alpha value is -1.88. The summed E-state index contributed by atoms with van der Waals surface area (Å²) in [6, 6.07) is 9.41. The zero-order chi connectivity index (χ0) is 15.0. The SMILES string of the molecule is CCOC(=O)[C@H](Cc1ccccc1)[NH2+]C(C)(C)/C=N\O. The van der Waals surface area contributed by atoms with Gasteiger partial charge in [0, 0.05) is 6.42 Å². The van der Waals surface area contributed by atoms with E-state index >= 15 is 0 Å². The minimum atomic E-state index is -0.485. The maximum atomic E-state index is 12.1. The summed E-state index contributed by atoms with van der Waals surface area (Å²) in [7, 11) is 0. The molecule has 0 heterocycles. The molecule has 0 amide bonds. The van der Waals surface area contributed by atoms with Gasteiger partial charge in [-0.2, -0.15) is 0 Å². The number of benzene rings is 1. The molecule has 5 nitrogen and oxygen atoms in total. The monoisotopic (exact) mass is 279 g/mol. The molecule has 0 aliphatic rings. The average Bonchev–Trinajstić information content (AvgIpc) is 2.39. The molecule has 5 heteroatoms. The van der Waals surface area contributed by atoms with Gasteiger partial charge < -0.3 is 15.3 Å². The van der Waals surface area contributed by atoms with Gasteiger partial charge in [0.25, 0.3) is 0 Å². The first-order chi connectivity index (χ1) is 9.48. The lowest BCUT2D eigenvalue weighted by Gasteiger charge is -2.23. The van der Waals surface area contributed by atoms with Crippen molar-refractivity contribution in [2.45, 2.75) is 38.8 Å². The highest BCUT2D eigenvalue weighted by Crippen LogP contribution is 2.04. The van der Waals surface area contributed by atoms with Gasteiger partial charge >= 0.3 is 5.97 Å². The van der Waals surface area contributed by atoms with E-state index < -0.39 is 5.54 Å². The zero-order valence-corrected chi connectivity index (χ0v) is 12.2. The summed E-state index contributed by atoms with van der Waals surface area (Å²) >= 11 is 0. The zero-order valence-electron chi connectivity index (χ0n) is 12.2. The first-order valence-electron chi connectivity index (χ1n) is 6.73. The number of quaternary nitrogens is 1. The third-order valence-corrected chi connectivity index (χ3v) is 2.91. The molecule has 0 aliphatic heterocycles. The maximum absolute atomic E-state index is 12.1. The molecule has 0 unspecified atom stereocenters. The number of nitrogens with zero attached hydrogens (tertiary/aromatic N) is 1. The van der Waals surface area contributed by atoms with Crippen LogP contribution >= 0.6 is 0 Å². The molecular formula is C15H23N2O3+.